The van der Waals surface area contributed by atoms with Crippen LogP contribution in [0.15, 0.2) is 61.4 Å². The summed E-state index contributed by atoms with van der Waals surface area (Å²) in [4.78, 5) is 10.2. The predicted octanol–water partition coefficient (Wildman–Crippen LogP) is 4.76. The van der Waals surface area contributed by atoms with Crippen molar-refractivity contribution < 1.29 is 14.6 Å². The molecule has 0 aliphatic carbocycles. The summed E-state index contributed by atoms with van der Waals surface area (Å²) in [5.41, 5.74) is 0. The third-order valence-corrected chi connectivity index (χ3v) is 2.41. The highest BCUT2D eigenvalue weighted by atomic mass is 16.5. The lowest BCUT2D eigenvalue weighted by Gasteiger charge is -1.87. The monoisotopic (exact) mass is 300 g/mol. The summed E-state index contributed by atoms with van der Waals surface area (Å²) in [6.45, 7) is 3.61. The number of carboxylic acids is 1. The maximum Gasteiger partial charge on any atom is 0.303 e. The van der Waals surface area contributed by atoms with Crippen LogP contribution in [-0.4, -0.2) is 11.1 Å². The van der Waals surface area contributed by atoms with Crippen LogP contribution in [0.25, 0.3) is 0 Å². The molecule has 0 bridgehead atoms. The molecule has 0 saturated carbocycles. The van der Waals surface area contributed by atoms with Crippen LogP contribution in [0.4, 0.5) is 0 Å². The summed E-state index contributed by atoms with van der Waals surface area (Å²) in [7, 11) is 0. The molecule has 118 valence electrons. The zero-order valence-corrected chi connectivity index (χ0v) is 12.9. The fourth-order valence-electron chi connectivity index (χ4n) is 1.34. The minimum Gasteiger partial charge on any atom is -0.481 e. The minimum atomic E-state index is -0.814. The molecule has 3 heteroatoms. The van der Waals surface area contributed by atoms with E-state index >= 15 is 0 Å². The molecule has 0 heterocycles. The number of unbranched alkanes of at least 4 members (excludes halogenated alkanes) is 1. The summed E-state index contributed by atoms with van der Waals surface area (Å²) in [5.74, 6) is 2.07. The Morgan fingerprint density at radius 2 is 1.77 bits per heavy atom. The van der Waals surface area contributed by atoms with Gasteiger partial charge in [-0.15, -0.1) is 0 Å². The number of rotatable bonds is 11. The minimum absolute atomic E-state index is 0.108. The quantitative estimate of drug-likeness (QED) is 0.197. The van der Waals surface area contributed by atoms with Gasteiger partial charge in [0.15, 0.2) is 0 Å². The van der Waals surface area contributed by atoms with Crippen LogP contribution in [-0.2, 0) is 9.53 Å². The molecule has 0 aromatic rings. The van der Waals surface area contributed by atoms with Gasteiger partial charge in [-0.25, -0.2) is 0 Å². The fraction of sp³-hybridized carbons (Fsp3) is 0.316. The second kappa shape index (κ2) is 16.6. The van der Waals surface area contributed by atoms with Crippen molar-refractivity contribution in [1.82, 2.24) is 0 Å². The molecule has 0 radical (unpaired) electrons. The van der Waals surface area contributed by atoms with Gasteiger partial charge in [-0.2, -0.15) is 0 Å². The van der Waals surface area contributed by atoms with Crippen LogP contribution in [0.5, 0.6) is 0 Å². The standard InChI is InChI=1S/C19H24O3/c1-2-3-4-5-6-7-8-9-10-11-12-14-17-22-18-15-13-16-19(20)21/h2-4,6-7,9-10,15,18H,1,5,8,11-13,16H2,(H,20,21)/b4-3+,7-6+,10-9+,18-15+. The molecule has 0 unspecified atom stereocenters. The molecule has 0 atom stereocenters. The number of carboxylic acid groups (broad SMARTS) is 1. The van der Waals surface area contributed by atoms with E-state index in [2.05, 4.69) is 49.0 Å². The number of hydrogen-bond acceptors (Lipinski definition) is 2. The summed E-state index contributed by atoms with van der Waals surface area (Å²) in [6.07, 6.45) is 23.9. The molecule has 3 nitrogen and oxygen atoms in total. The Labute approximate surface area is 133 Å². The van der Waals surface area contributed by atoms with Gasteiger partial charge in [0, 0.05) is 12.8 Å². The maximum absolute atomic E-state index is 10.2. The van der Waals surface area contributed by atoms with Gasteiger partial charge in [0.1, 0.15) is 6.11 Å². The summed E-state index contributed by atoms with van der Waals surface area (Å²) in [5, 5.41) is 8.42. The van der Waals surface area contributed by atoms with Gasteiger partial charge >= 0.3 is 5.97 Å². The first-order valence-electron chi connectivity index (χ1n) is 7.35. The lowest BCUT2D eigenvalue weighted by molar-refractivity contribution is -0.136. The van der Waals surface area contributed by atoms with E-state index in [1.54, 1.807) is 12.2 Å². The van der Waals surface area contributed by atoms with Gasteiger partial charge in [-0.1, -0.05) is 55.0 Å². The molecule has 0 aromatic heterocycles. The van der Waals surface area contributed by atoms with Crippen LogP contribution >= 0.6 is 0 Å². The highest BCUT2D eigenvalue weighted by molar-refractivity contribution is 5.66. The molecule has 22 heavy (non-hydrogen) atoms. The molecule has 0 fully saturated rings. The zero-order valence-electron chi connectivity index (χ0n) is 12.9. The van der Waals surface area contributed by atoms with E-state index in [9.17, 15) is 4.79 Å². The average molecular weight is 300 g/mol. The number of aliphatic carboxylic acids is 1. The molecule has 1 N–H and O–H groups in total. The molecular weight excluding hydrogens is 276 g/mol. The molecule has 0 aromatic carbocycles. The first kappa shape index (κ1) is 19.5. The maximum atomic E-state index is 10.2. The summed E-state index contributed by atoms with van der Waals surface area (Å²) in [6, 6.07) is 0. The first-order chi connectivity index (χ1) is 10.8. The van der Waals surface area contributed by atoms with E-state index in [-0.39, 0.29) is 6.42 Å². The van der Waals surface area contributed by atoms with E-state index in [0.717, 1.165) is 25.7 Å². The molecule has 0 amide bonds. The van der Waals surface area contributed by atoms with E-state index in [0.29, 0.717) is 6.42 Å². The molecular formula is C19H24O3. The Morgan fingerprint density at radius 3 is 2.50 bits per heavy atom. The smallest absolute Gasteiger partial charge is 0.303 e. The van der Waals surface area contributed by atoms with Crippen molar-refractivity contribution >= 4 is 5.97 Å². The highest BCUT2D eigenvalue weighted by Crippen LogP contribution is 1.95. The Bertz CT molecular complexity index is 471. The van der Waals surface area contributed by atoms with Crippen molar-refractivity contribution in [3.8, 4) is 12.0 Å². The summed E-state index contributed by atoms with van der Waals surface area (Å²) < 4.78 is 4.92. The third kappa shape index (κ3) is 17.5. The molecule has 0 rings (SSSR count). The highest BCUT2D eigenvalue weighted by Gasteiger charge is 1.90. The van der Waals surface area contributed by atoms with E-state index in [1.165, 1.54) is 6.26 Å². The lowest BCUT2D eigenvalue weighted by Crippen LogP contribution is -1.91. The Morgan fingerprint density at radius 1 is 1.05 bits per heavy atom. The Balaban J connectivity index is 3.50. The third-order valence-electron chi connectivity index (χ3n) is 2.41. The fourth-order valence-corrected chi connectivity index (χ4v) is 1.34. The van der Waals surface area contributed by atoms with Gasteiger partial charge in [0.25, 0.3) is 0 Å². The zero-order chi connectivity index (χ0) is 16.3. The van der Waals surface area contributed by atoms with Crippen LogP contribution in [0, 0.1) is 12.0 Å². The number of carbonyl (C=O) groups is 1. The number of allylic oxidation sites excluding steroid dienone is 8. The van der Waals surface area contributed by atoms with Crippen LogP contribution in [0.1, 0.15) is 38.5 Å². The van der Waals surface area contributed by atoms with Crippen molar-refractivity contribution in [2.75, 3.05) is 0 Å². The van der Waals surface area contributed by atoms with Crippen LogP contribution in [0.2, 0.25) is 0 Å². The summed E-state index contributed by atoms with van der Waals surface area (Å²) >= 11 is 0. The van der Waals surface area contributed by atoms with Crippen molar-refractivity contribution in [3.05, 3.63) is 61.4 Å². The predicted molar refractivity (Wildman–Crippen MR) is 91.0 cm³/mol. The van der Waals surface area contributed by atoms with Crippen LogP contribution < -0.4 is 0 Å². The lowest BCUT2D eigenvalue weighted by atomic mass is 10.2. The van der Waals surface area contributed by atoms with E-state index < -0.39 is 5.97 Å². The van der Waals surface area contributed by atoms with Gasteiger partial charge in [0.05, 0.1) is 6.26 Å². The van der Waals surface area contributed by atoms with Crippen molar-refractivity contribution in [3.63, 3.8) is 0 Å². The normalized spacial score (nSPS) is 11.3. The van der Waals surface area contributed by atoms with E-state index in [1.807, 2.05) is 6.08 Å². The van der Waals surface area contributed by atoms with Gasteiger partial charge in [0.2, 0.25) is 0 Å². The molecule has 0 aliphatic heterocycles. The van der Waals surface area contributed by atoms with Crippen LogP contribution in [0.3, 0.4) is 0 Å². The Kier molecular flexibility index (Phi) is 14.7. The SMILES string of the molecule is C=C/C=C/C/C=C/C/C=C/CCC#CO/C=C/CCC(=O)O. The average Bonchev–Trinajstić information content (AvgIpc) is 2.50. The van der Waals surface area contributed by atoms with Gasteiger partial charge in [-0.3, -0.25) is 4.79 Å². The molecule has 0 aliphatic rings. The van der Waals surface area contributed by atoms with Crippen molar-refractivity contribution in [2.45, 2.75) is 38.5 Å². The van der Waals surface area contributed by atoms with Gasteiger partial charge in [-0.05, 0) is 31.8 Å². The first-order valence-corrected chi connectivity index (χ1v) is 7.35. The topological polar surface area (TPSA) is 46.5 Å². The van der Waals surface area contributed by atoms with Crippen molar-refractivity contribution in [2.24, 2.45) is 0 Å². The second-order valence-corrected chi connectivity index (χ2v) is 4.32. The van der Waals surface area contributed by atoms with Gasteiger partial charge < -0.3 is 9.84 Å². The molecule has 0 spiro atoms. The van der Waals surface area contributed by atoms with Crippen molar-refractivity contribution in [1.29, 1.82) is 0 Å². The molecule has 0 saturated heterocycles. The number of ether oxygens (including phenoxy) is 1. The number of hydrogen-bond donors (Lipinski definition) is 1. The second-order valence-electron chi connectivity index (χ2n) is 4.32. The van der Waals surface area contributed by atoms with E-state index in [4.69, 9.17) is 9.84 Å². The largest absolute Gasteiger partial charge is 0.481 e. The Hall–Kier alpha value is -2.47.